The Morgan fingerprint density at radius 3 is 1.86 bits per heavy atom. The fourth-order valence-corrected chi connectivity index (χ4v) is 0.283. The summed E-state index contributed by atoms with van der Waals surface area (Å²) in [5, 5.41) is 0.750. The largest absolute Gasteiger partial charge is 0.445 e. The number of alkyl halides is 3. The third kappa shape index (κ3) is 5.88. The van der Waals surface area contributed by atoms with Crippen LogP contribution in [0.15, 0.2) is 12.0 Å². The van der Waals surface area contributed by atoms with Crippen molar-refractivity contribution in [3.63, 3.8) is 0 Å². The standard InChI is InChI=1S/C3H3F3S/c1-2-7-3(4,5)6/h2H,1H2. The van der Waals surface area contributed by atoms with E-state index in [2.05, 4.69) is 6.58 Å². The zero-order valence-corrected chi connectivity index (χ0v) is 4.14. The third-order valence-corrected chi connectivity index (χ3v) is 0.651. The van der Waals surface area contributed by atoms with Crippen molar-refractivity contribution in [2.45, 2.75) is 5.51 Å². The minimum Gasteiger partial charge on any atom is -0.160 e. The highest BCUT2D eigenvalue weighted by atomic mass is 32.2. The first kappa shape index (κ1) is 6.88. The molecule has 0 N–H and O–H groups in total. The number of hydrogen-bond donors (Lipinski definition) is 0. The average Bonchev–Trinajstić information content (AvgIpc) is 1.30. The van der Waals surface area contributed by atoms with Crippen molar-refractivity contribution < 1.29 is 13.2 Å². The Labute approximate surface area is 43.4 Å². The molecular formula is C3H3F3S. The topological polar surface area (TPSA) is 0 Å². The lowest BCUT2D eigenvalue weighted by molar-refractivity contribution is -0.0319. The second-order valence-corrected chi connectivity index (χ2v) is 1.76. The Balaban J connectivity index is 3.34. The SMILES string of the molecule is C=CSC(F)(F)F. The molecule has 0 aromatic rings. The lowest BCUT2D eigenvalue weighted by Crippen LogP contribution is -1.95. The van der Waals surface area contributed by atoms with Gasteiger partial charge in [-0.1, -0.05) is 6.58 Å². The summed E-state index contributed by atoms with van der Waals surface area (Å²) in [6.45, 7) is 2.89. The van der Waals surface area contributed by atoms with Crippen molar-refractivity contribution in [2.24, 2.45) is 0 Å². The lowest BCUT2D eigenvalue weighted by atomic mass is 11.3. The van der Waals surface area contributed by atoms with Gasteiger partial charge in [0.05, 0.1) is 0 Å². The molecule has 7 heavy (non-hydrogen) atoms. The quantitative estimate of drug-likeness (QED) is 0.522. The fraction of sp³-hybridized carbons (Fsp3) is 0.333. The van der Waals surface area contributed by atoms with Gasteiger partial charge in [-0.25, -0.2) is 0 Å². The number of rotatable bonds is 1. The van der Waals surface area contributed by atoms with Gasteiger partial charge in [0.25, 0.3) is 0 Å². The molecule has 0 heterocycles. The van der Waals surface area contributed by atoms with E-state index in [-0.39, 0.29) is 11.8 Å². The Kier molecular flexibility index (Phi) is 2.22. The van der Waals surface area contributed by atoms with E-state index in [1.54, 1.807) is 0 Å². The summed E-state index contributed by atoms with van der Waals surface area (Å²) < 4.78 is 32.8. The van der Waals surface area contributed by atoms with Crippen LogP contribution in [0.2, 0.25) is 0 Å². The van der Waals surface area contributed by atoms with Crippen molar-refractivity contribution in [1.82, 2.24) is 0 Å². The van der Waals surface area contributed by atoms with Crippen LogP contribution in [0.4, 0.5) is 13.2 Å². The third-order valence-electron chi connectivity index (χ3n) is 0.217. The molecular weight excluding hydrogens is 125 g/mol. The molecule has 0 aliphatic rings. The second kappa shape index (κ2) is 2.26. The van der Waals surface area contributed by atoms with Gasteiger partial charge in [-0.15, -0.1) is 0 Å². The van der Waals surface area contributed by atoms with Crippen LogP contribution in [-0.4, -0.2) is 5.51 Å². The van der Waals surface area contributed by atoms with Crippen molar-refractivity contribution >= 4 is 11.8 Å². The summed E-state index contributed by atoms with van der Waals surface area (Å²) in [7, 11) is 0. The van der Waals surface area contributed by atoms with Crippen molar-refractivity contribution in [2.75, 3.05) is 0 Å². The predicted octanol–water partition coefficient (Wildman–Crippen LogP) is 2.38. The van der Waals surface area contributed by atoms with Crippen LogP contribution in [0.1, 0.15) is 0 Å². The predicted molar refractivity (Wildman–Crippen MR) is 23.8 cm³/mol. The molecule has 0 aliphatic carbocycles. The Morgan fingerprint density at radius 1 is 1.43 bits per heavy atom. The number of thioether (sulfide) groups is 1. The van der Waals surface area contributed by atoms with Crippen LogP contribution in [0.5, 0.6) is 0 Å². The van der Waals surface area contributed by atoms with Crippen LogP contribution in [-0.2, 0) is 0 Å². The molecule has 0 saturated heterocycles. The second-order valence-electron chi connectivity index (χ2n) is 0.730. The highest BCUT2D eigenvalue weighted by Gasteiger charge is 2.25. The van der Waals surface area contributed by atoms with Crippen LogP contribution in [0, 0.1) is 0 Å². The minimum atomic E-state index is -4.15. The maximum Gasteiger partial charge on any atom is 0.445 e. The van der Waals surface area contributed by atoms with Crippen molar-refractivity contribution in [3.05, 3.63) is 12.0 Å². The van der Waals surface area contributed by atoms with Gasteiger partial charge in [0, 0.05) is 0 Å². The Hall–Kier alpha value is -0.120. The lowest BCUT2D eigenvalue weighted by Gasteiger charge is -1.96. The van der Waals surface area contributed by atoms with Gasteiger partial charge in [0.2, 0.25) is 0 Å². The first-order valence-corrected chi connectivity index (χ1v) is 2.29. The van der Waals surface area contributed by atoms with Crippen LogP contribution in [0.25, 0.3) is 0 Å². The van der Waals surface area contributed by atoms with Gasteiger partial charge >= 0.3 is 5.51 Å². The van der Waals surface area contributed by atoms with E-state index in [0.717, 1.165) is 5.41 Å². The van der Waals surface area contributed by atoms with E-state index in [0.29, 0.717) is 0 Å². The molecule has 0 aromatic carbocycles. The summed E-state index contributed by atoms with van der Waals surface area (Å²) in [6, 6.07) is 0. The highest BCUT2D eigenvalue weighted by Crippen LogP contribution is 2.29. The van der Waals surface area contributed by atoms with E-state index in [1.807, 2.05) is 0 Å². The molecule has 0 fully saturated rings. The molecule has 0 bridgehead atoms. The zero-order valence-electron chi connectivity index (χ0n) is 3.33. The van der Waals surface area contributed by atoms with Crippen LogP contribution in [0.3, 0.4) is 0 Å². The van der Waals surface area contributed by atoms with Crippen molar-refractivity contribution in [1.29, 1.82) is 0 Å². The van der Waals surface area contributed by atoms with Crippen molar-refractivity contribution in [3.8, 4) is 0 Å². The average molecular weight is 128 g/mol. The monoisotopic (exact) mass is 128 g/mol. The molecule has 0 atom stereocenters. The highest BCUT2D eigenvalue weighted by molar-refractivity contribution is 8.02. The number of hydrogen-bond acceptors (Lipinski definition) is 1. The maximum absolute atomic E-state index is 10.9. The van der Waals surface area contributed by atoms with Gasteiger partial charge in [-0.3, -0.25) is 0 Å². The first-order valence-electron chi connectivity index (χ1n) is 1.42. The molecule has 0 rings (SSSR count). The Bertz CT molecular complexity index is 65.1. The molecule has 0 unspecified atom stereocenters. The van der Waals surface area contributed by atoms with E-state index in [1.165, 1.54) is 0 Å². The van der Waals surface area contributed by atoms with Gasteiger partial charge < -0.3 is 0 Å². The molecule has 0 aromatic heterocycles. The summed E-state index contributed by atoms with van der Waals surface area (Å²) in [6.07, 6.45) is 0. The molecule has 42 valence electrons. The Morgan fingerprint density at radius 2 is 1.86 bits per heavy atom. The molecule has 4 heteroatoms. The van der Waals surface area contributed by atoms with Crippen LogP contribution < -0.4 is 0 Å². The molecule has 0 aliphatic heterocycles. The number of halogens is 3. The minimum absolute atomic E-state index is 0.248. The van der Waals surface area contributed by atoms with E-state index < -0.39 is 5.51 Å². The molecule has 0 spiro atoms. The summed E-state index contributed by atoms with van der Waals surface area (Å²) in [5.74, 6) is 0. The van der Waals surface area contributed by atoms with Gasteiger partial charge in [0.1, 0.15) is 0 Å². The fourth-order valence-electron chi connectivity index (χ4n) is 0.0945. The first-order chi connectivity index (χ1) is 3.06. The maximum atomic E-state index is 10.9. The summed E-state index contributed by atoms with van der Waals surface area (Å²) >= 11 is -0.248. The molecule has 0 saturated carbocycles. The van der Waals surface area contributed by atoms with E-state index in [4.69, 9.17) is 0 Å². The van der Waals surface area contributed by atoms with Gasteiger partial charge in [0.15, 0.2) is 0 Å². The summed E-state index contributed by atoms with van der Waals surface area (Å²) in [4.78, 5) is 0. The normalized spacial score (nSPS) is 11.3. The smallest absolute Gasteiger partial charge is 0.160 e. The zero-order chi connectivity index (χ0) is 5.91. The van der Waals surface area contributed by atoms with Gasteiger partial charge in [-0.05, 0) is 17.2 Å². The van der Waals surface area contributed by atoms with E-state index in [9.17, 15) is 13.2 Å². The molecule has 0 amide bonds. The summed E-state index contributed by atoms with van der Waals surface area (Å²) in [5.41, 5.74) is -4.15. The molecule has 0 radical (unpaired) electrons. The van der Waals surface area contributed by atoms with Crippen LogP contribution >= 0.6 is 11.8 Å². The van der Waals surface area contributed by atoms with E-state index >= 15 is 0 Å². The van der Waals surface area contributed by atoms with Gasteiger partial charge in [-0.2, -0.15) is 13.2 Å². The molecule has 0 nitrogen and oxygen atoms in total.